The number of carbonyl (C=O) groups excluding carboxylic acids is 1. The molecule has 0 aromatic carbocycles. The van der Waals surface area contributed by atoms with E-state index in [9.17, 15) is 20.1 Å². The van der Waals surface area contributed by atoms with Crippen LogP contribution in [0.2, 0.25) is 0 Å². The molecule has 0 aliphatic carbocycles. The van der Waals surface area contributed by atoms with Gasteiger partial charge in [-0.2, -0.15) is 0 Å². The van der Waals surface area contributed by atoms with Crippen LogP contribution in [0.25, 0.3) is 0 Å². The lowest BCUT2D eigenvalue weighted by molar-refractivity contribution is -0.233. The van der Waals surface area contributed by atoms with E-state index in [0.29, 0.717) is 0 Å². The highest BCUT2D eigenvalue weighted by atomic mass is 16.6. The summed E-state index contributed by atoms with van der Waals surface area (Å²) in [7, 11) is 0. The first-order chi connectivity index (χ1) is 6.97. The van der Waals surface area contributed by atoms with E-state index in [-0.39, 0.29) is 0 Å². The van der Waals surface area contributed by atoms with Gasteiger partial charge in [-0.3, -0.25) is 0 Å². The number of aliphatic hydroxyl groups excluding tert-OH is 4. The molecular weight excluding hydrogens is 208 g/mol. The molecule has 88 valence electrons. The van der Waals surface area contributed by atoms with Gasteiger partial charge in [0.05, 0.1) is 6.61 Å². The van der Waals surface area contributed by atoms with Gasteiger partial charge < -0.3 is 36.2 Å². The van der Waals surface area contributed by atoms with E-state index in [1.165, 1.54) is 0 Å². The highest BCUT2D eigenvalue weighted by Gasteiger charge is 2.43. The van der Waals surface area contributed by atoms with E-state index in [0.717, 1.165) is 0 Å². The van der Waals surface area contributed by atoms with Gasteiger partial charge in [-0.25, -0.2) is 4.79 Å². The summed E-state index contributed by atoms with van der Waals surface area (Å²) in [6, 6.07) is -0.945. The monoisotopic (exact) mass is 222 g/mol. The van der Waals surface area contributed by atoms with Crippen LogP contribution in [0.3, 0.4) is 0 Å². The van der Waals surface area contributed by atoms with Crippen LogP contribution in [0.1, 0.15) is 0 Å². The van der Waals surface area contributed by atoms with Gasteiger partial charge in [-0.15, -0.1) is 0 Å². The maximum Gasteiger partial charge on any atom is 0.314 e. The molecule has 1 aliphatic rings. The molecule has 0 aromatic rings. The van der Waals surface area contributed by atoms with Crippen LogP contribution < -0.4 is 11.1 Å². The molecule has 15 heavy (non-hydrogen) atoms. The van der Waals surface area contributed by atoms with Gasteiger partial charge >= 0.3 is 6.03 Å². The highest BCUT2D eigenvalue weighted by Crippen LogP contribution is 2.19. The van der Waals surface area contributed by atoms with Gasteiger partial charge in [-0.05, 0) is 0 Å². The molecule has 0 bridgehead atoms. The molecule has 1 heterocycles. The van der Waals surface area contributed by atoms with Gasteiger partial charge in [-0.1, -0.05) is 0 Å². The summed E-state index contributed by atoms with van der Waals surface area (Å²) in [6.45, 7) is -0.554. The van der Waals surface area contributed by atoms with E-state index in [4.69, 9.17) is 15.6 Å². The minimum atomic E-state index is -1.52. The van der Waals surface area contributed by atoms with E-state index in [2.05, 4.69) is 0 Å². The minimum Gasteiger partial charge on any atom is -0.394 e. The number of primary amides is 1. The standard InChI is InChI=1S/C7H14N2O6/c8-7(14)9-6-5(13)4(12)3(11)2(1-10)15-6/h2-6,10-13H,1H2,(H3,8,9,14)/t2-,3+,4+,5-,6-/m1/s1. The lowest BCUT2D eigenvalue weighted by atomic mass is 9.98. The van der Waals surface area contributed by atoms with Crippen molar-refractivity contribution in [2.24, 2.45) is 5.73 Å². The first kappa shape index (κ1) is 12.1. The number of rotatable bonds is 2. The Hall–Kier alpha value is -0.930. The molecule has 1 aliphatic heterocycles. The second kappa shape index (κ2) is 4.73. The predicted octanol–water partition coefficient (Wildman–Crippen LogP) is -3.55. The molecule has 1 fully saturated rings. The molecule has 5 atom stereocenters. The van der Waals surface area contributed by atoms with Crippen molar-refractivity contribution in [2.75, 3.05) is 6.61 Å². The van der Waals surface area contributed by atoms with Crippen molar-refractivity contribution in [1.29, 1.82) is 0 Å². The number of hydrogen-bond acceptors (Lipinski definition) is 6. The zero-order valence-electron chi connectivity index (χ0n) is 7.78. The summed E-state index contributed by atoms with van der Waals surface area (Å²) in [5.74, 6) is 0. The summed E-state index contributed by atoms with van der Waals surface area (Å²) < 4.78 is 4.92. The second-order valence-electron chi connectivity index (χ2n) is 3.26. The Morgan fingerprint density at radius 3 is 2.33 bits per heavy atom. The SMILES string of the molecule is NC(=O)N[C@@H]1O[C@H](CO)[C@H](O)[C@H](O)[C@H]1O. The van der Waals surface area contributed by atoms with Gasteiger partial charge in [0, 0.05) is 0 Å². The molecule has 0 radical (unpaired) electrons. The summed E-state index contributed by atoms with van der Waals surface area (Å²) >= 11 is 0. The quantitative estimate of drug-likeness (QED) is 0.285. The molecule has 1 saturated heterocycles. The van der Waals surface area contributed by atoms with Crippen LogP contribution in [-0.4, -0.2) is 63.7 Å². The van der Waals surface area contributed by atoms with Crippen molar-refractivity contribution < 1.29 is 30.0 Å². The molecular formula is C7H14N2O6. The summed E-state index contributed by atoms with van der Waals surface area (Å²) in [4.78, 5) is 10.5. The number of hydrogen-bond donors (Lipinski definition) is 6. The third-order valence-electron chi connectivity index (χ3n) is 2.18. The van der Waals surface area contributed by atoms with Crippen molar-refractivity contribution in [3.8, 4) is 0 Å². The minimum absolute atomic E-state index is 0.554. The van der Waals surface area contributed by atoms with E-state index in [1.54, 1.807) is 0 Å². The zero-order valence-corrected chi connectivity index (χ0v) is 7.78. The Labute approximate surface area is 85.3 Å². The van der Waals surface area contributed by atoms with Crippen LogP contribution in [0.15, 0.2) is 0 Å². The predicted molar refractivity (Wildman–Crippen MR) is 46.5 cm³/mol. The molecule has 0 aromatic heterocycles. The Bertz CT molecular complexity index is 236. The maximum atomic E-state index is 10.5. The van der Waals surface area contributed by atoms with E-state index < -0.39 is 43.3 Å². The fourth-order valence-corrected chi connectivity index (χ4v) is 1.36. The van der Waals surface area contributed by atoms with Crippen LogP contribution in [0, 0.1) is 0 Å². The normalized spacial score (nSPS) is 41.2. The van der Waals surface area contributed by atoms with Crippen molar-refractivity contribution >= 4 is 6.03 Å². The van der Waals surface area contributed by atoms with Crippen molar-refractivity contribution in [1.82, 2.24) is 5.32 Å². The number of amides is 2. The van der Waals surface area contributed by atoms with Gasteiger partial charge in [0.1, 0.15) is 24.4 Å². The third-order valence-corrected chi connectivity index (χ3v) is 2.18. The first-order valence-corrected chi connectivity index (χ1v) is 4.34. The average molecular weight is 222 g/mol. The summed E-state index contributed by atoms with van der Waals surface area (Å²) in [6.07, 6.45) is -6.78. The van der Waals surface area contributed by atoms with Crippen molar-refractivity contribution in [3.63, 3.8) is 0 Å². The largest absolute Gasteiger partial charge is 0.394 e. The van der Waals surface area contributed by atoms with Crippen molar-refractivity contribution in [2.45, 2.75) is 30.6 Å². The maximum absolute atomic E-state index is 10.5. The summed E-state index contributed by atoms with van der Waals surface area (Å²) in [5, 5.41) is 38.9. The van der Waals surface area contributed by atoms with Gasteiger partial charge in [0.15, 0.2) is 6.23 Å². The highest BCUT2D eigenvalue weighted by molar-refractivity contribution is 5.71. The van der Waals surface area contributed by atoms with Crippen LogP contribution in [0.4, 0.5) is 4.79 Å². The second-order valence-corrected chi connectivity index (χ2v) is 3.26. The fraction of sp³-hybridized carbons (Fsp3) is 0.857. The molecule has 8 heteroatoms. The molecule has 8 nitrogen and oxygen atoms in total. The molecule has 7 N–H and O–H groups in total. The first-order valence-electron chi connectivity index (χ1n) is 4.34. The van der Waals surface area contributed by atoms with E-state index in [1.807, 2.05) is 5.32 Å². The molecule has 0 spiro atoms. The molecule has 0 saturated carbocycles. The smallest absolute Gasteiger partial charge is 0.314 e. The van der Waals surface area contributed by atoms with Gasteiger partial charge in [0.2, 0.25) is 0 Å². The molecule has 0 unspecified atom stereocenters. The topological polar surface area (TPSA) is 145 Å². The Balaban J connectivity index is 2.69. The number of nitrogens with one attached hydrogen (secondary N) is 1. The van der Waals surface area contributed by atoms with Crippen LogP contribution in [-0.2, 0) is 4.74 Å². The Kier molecular flexibility index (Phi) is 3.83. The fourth-order valence-electron chi connectivity index (χ4n) is 1.36. The number of ether oxygens (including phenoxy) is 1. The van der Waals surface area contributed by atoms with Crippen LogP contribution >= 0.6 is 0 Å². The third kappa shape index (κ3) is 2.55. The van der Waals surface area contributed by atoms with Crippen LogP contribution in [0.5, 0.6) is 0 Å². The lowest BCUT2D eigenvalue weighted by Gasteiger charge is -2.39. The average Bonchev–Trinajstić information content (AvgIpc) is 2.18. The number of carbonyl (C=O) groups is 1. The van der Waals surface area contributed by atoms with Gasteiger partial charge in [0.25, 0.3) is 0 Å². The number of urea groups is 1. The van der Waals surface area contributed by atoms with Crippen molar-refractivity contribution in [3.05, 3.63) is 0 Å². The molecule has 2 amide bonds. The number of aliphatic hydroxyl groups is 4. The van der Waals surface area contributed by atoms with E-state index >= 15 is 0 Å². The molecule has 1 rings (SSSR count). The lowest BCUT2D eigenvalue weighted by Crippen LogP contribution is -2.63. The Morgan fingerprint density at radius 2 is 1.87 bits per heavy atom. The Morgan fingerprint density at radius 1 is 1.27 bits per heavy atom. The number of nitrogens with two attached hydrogens (primary N) is 1. The summed E-state index contributed by atoms with van der Waals surface area (Å²) in [5.41, 5.74) is 4.80. The zero-order chi connectivity index (χ0) is 11.6.